The number of benzene rings is 1. The Bertz CT molecular complexity index is 1460. The quantitative estimate of drug-likeness (QED) is 0.331. The summed E-state index contributed by atoms with van der Waals surface area (Å²) in [6.45, 7) is 0. The van der Waals surface area contributed by atoms with Crippen LogP contribution in [-0.4, -0.2) is 61.8 Å². The molecule has 10 nitrogen and oxygen atoms in total. The molecule has 3 N–H and O–H groups in total. The molecule has 0 spiro atoms. The number of carboxylic acids is 1. The number of halogens is 2. The van der Waals surface area contributed by atoms with Crippen molar-refractivity contribution < 1.29 is 24.3 Å². The fraction of sp³-hybridized carbons (Fsp3) is 0.333. The number of carbonyl (C=O) groups excluding carboxylic acids is 3. The van der Waals surface area contributed by atoms with Gasteiger partial charge in [-0.2, -0.15) is 0 Å². The van der Waals surface area contributed by atoms with Crippen LogP contribution < -0.4 is 10.6 Å². The third-order valence-corrected chi connectivity index (χ3v) is 8.46. The van der Waals surface area contributed by atoms with Crippen molar-refractivity contribution in [3.05, 3.63) is 87.9 Å². The van der Waals surface area contributed by atoms with Crippen LogP contribution in [0.4, 0.5) is 5.69 Å². The number of hydrogen-bond donors (Lipinski definition) is 3. The third kappa shape index (κ3) is 6.55. The Morgan fingerprint density at radius 3 is 2.17 bits per heavy atom. The summed E-state index contributed by atoms with van der Waals surface area (Å²) >= 11 is 12.1. The number of nitrogens with one attached hydrogen (secondary N) is 2. The molecule has 3 aromatic rings. The number of rotatable bonds is 9. The lowest BCUT2D eigenvalue weighted by atomic mass is 9.74. The monoisotopic (exact) mass is 609 g/mol. The van der Waals surface area contributed by atoms with Gasteiger partial charge in [-0.15, -0.1) is 0 Å². The summed E-state index contributed by atoms with van der Waals surface area (Å²) < 4.78 is 0. The Labute approximate surface area is 252 Å². The van der Waals surface area contributed by atoms with Crippen molar-refractivity contribution >= 4 is 52.6 Å². The third-order valence-electron chi connectivity index (χ3n) is 7.89. The summed E-state index contributed by atoms with van der Waals surface area (Å²) in [5, 5.41) is 15.6. The lowest BCUT2D eigenvalue weighted by Gasteiger charge is -2.50. The number of amides is 3. The minimum absolute atomic E-state index is 0.0170. The van der Waals surface area contributed by atoms with Crippen LogP contribution in [0.25, 0.3) is 0 Å². The number of aromatic nitrogens is 2. The second-order valence-electron chi connectivity index (χ2n) is 10.6. The van der Waals surface area contributed by atoms with Crippen LogP contribution in [0, 0.1) is 5.92 Å². The van der Waals surface area contributed by atoms with Crippen LogP contribution in [-0.2, 0) is 27.2 Å². The molecule has 2 aromatic heterocycles. The van der Waals surface area contributed by atoms with Gasteiger partial charge in [0.1, 0.15) is 12.1 Å². The number of aliphatic carboxylic acids is 1. The molecular formula is C30H29Cl2N5O5. The van der Waals surface area contributed by atoms with E-state index in [4.69, 9.17) is 23.2 Å². The second-order valence-corrected chi connectivity index (χ2v) is 11.4. The van der Waals surface area contributed by atoms with E-state index >= 15 is 0 Å². The molecule has 1 aromatic carbocycles. The van der Waals surface area contributed by atoms with Crippen LogP contribution in [0.5, 0.6) is 0 Å². The molecule has 12 heteroatoms. The molecule has 2 unspecified atom stereocenters. The molecule has 2 atom stereocenters. The van der Waals surface area contributed by atoms with Crippen molar-refractivity contribution in [1.29, 1.82) is 0 Å². The highest BCUT2D eigenvalue weighted by molar-refractivity contribution is 6.40. The maximum absolute atomic E-state index is 13.6. The SMILES string of the molecule is O=C(Nc1ccc(CC(NC(=O)C2C3CCC(CC3)N2C(=O)Cc2ccncc2)C(=O)O)cc1)c1c(Cl)cncc1Cl. The Morgan fingerprint density at radius 1 is 0.905 bits per heavy atom. The molecule has 1 aliphatic carbocycles. The first-order chi connectivity index (χ1) is 20.2. The predicted molar refractivity (Wildman–Crippen MR) is 156 cm³/mol. The fourth-order valence-electron chi connectivity index (χ4n) is 5.85. The molecule has 2 saturated heterocycles. The number of pyridine rings is 2. The van der Waals surface area contributed by atoms with Crippen LogP contribution in [0.1, 0.15) is 47.2 Å². The second kappa shape index (κ2) is 12.9. The highest BCUT2D eigenvalue weighted by Gasteiger charge is 2.47. The summed E-state index contributed by atoms with van der Waals surface area (Å²) in [5.41, 5.74) is 1.99. The molecule has 3 fully saturated rings. The van der Waals surface area contributed by atoms with Gasteiger partial charge < -0.3 is 20.6 Å². The summed E-state index contributed by atoms with van der Waals surface area (Å²) in [4.78, 5) is 61.3. The van der Waals surface area contributed by atoms with E-state index in [1.807, 2.05) is 0 Å². The van der Waals surface area contributed by atoms with E-state index in [0.29, 0.717) is 11.3 Å². The number of anilines is 1. The van der Waals surface area contributed by atoms with Crippen molar-refractivity contribution in [1.82, 2.24) is 20.2 Å². The lowest BCUT2D eigenvalue weighted by Crippen LogP contribution is -2.64. The Balaban J connectivity index is 1.25. The van der Waals surface area contributed by atoms with E-state index in [1.54, 1.807) is 53.7 Å². The zero-order valence-corrected chi connectivity index (χ0v) is 24.0. The minimum Gasteiger partial charge on any atom is -0.480 e. The van der Waals surface area contributed by atoms with Gasteiger partial charge >= 0.3 is 5.97 Å². The predicted octanol–water partition coefficient (Wildman–Crippen LogP) is 4.16. The number of carboxylic acid groups (broad SMARTS) is 1. The van der Waals surface area contributed by atoms with Gasteiger partial charge in [-0.3, -0.25) is 24.4 Å². The lowest BCUT2D eigenvalue weighted by molar-refractivity contribution is -0.154. The molecule has 3 aliphatic rings. The first-order valence-electron chi connectivity index (χ1n) is 13.6. The normalized spacial score (nSPS) is 20.0. The maximum atomic E-state index is 13.6. The van der Waals surface area contributed by atoms with Gasteiger partial charge in [0.2, 0.25) is 11.8 Å². The number of nitrogens with zero attached hydrogens (tertiary/aromatic N) is 3. The van der Waals surface area contributed by atoms with Crippen LogP contribution in [0.3, 0.4) is 0 Å². The average molecular weight is 610 g/mol. The van der Waals surface area contributed by atoms with Crippen LogP contribution in [0.2, 0.25) is 10.0 Å². The summed E-state index contributed by atoms with van der Waals surface area (Å²) in [6.07, 6.45) is 9.37. The Kier molecular flexibility index (Phi) is 9.03. The Hall–Kier alpha value is -4.02. The van der Waals surface area contributed by atoms with E-state index in [0.717, 1.165) is 31.2 Å². The highest BCUT2D eigenvalue weighted by Crippen LogP contribution is 2.40. The number of fused-ring (bicyclic) bond motifs is 3. The van der Waals surface area contributed by atoms with Crippen molar-refractivity contribution in [2.45, 2.75) is 56.7 Å². The molecule has 4 heterocycles. The standard InChI is InChI=1S/C30H29Cl2N5O5/c31-22-15-34-16-23(32)26(22)28(39)35-20-5-1-17(2-6-20)13-24(30(41)42)36-29(40)27-19-3-7-21(8-4-19)37(27)25(38)14-18-9-11-33-12-10-18/h1-2,5-6,9-12,15-16,19,21,24,27H,3-4,7-8,13-14H2,(H,35,39)(H,36,40)(H,41,42). The van der Waals surface area contributed by atoms with Crippen molar-refractivity contribution in [3.8, 4) is 0 Å². The largest absolute Gasteiger partial charge is 0.480 e. The van der Waals surface area contributed by atoms with E-state index in [-0.39, 0.29) is 46.3 Å². The minimum atomic E-state index is -1.20. The summed E-state index contributed by atoms with van der Waals surface area (Å²) in [6, 6.07) is 8.17. The van der Waals surface area contributed by atoms with Crippen molar-refractivity contribution in [2.75, 3.05) is 5.32 Å². The molecule has 6 rings (SSSR count). The highest BCUT2D eigenvalue weighted by atomic mass is 35.5. The first kappa shape index (κ1) is 29.5. The average Bonchev–Trinajstić information content (AvgIpc) is 2.98. The first-order valence-corrected chi connectivity index (χ1v) is 14.4. The van der Waals surface area contributed by atoms with Gasteiger partial charge in [-0.25, -0.2) is 4.79 Å². The van der Waals surface area contributed by atoms with Crippen molar-refractivity contribution in [2.24, 2.45) is 5.92 Å². The molecular weight excluding hydrogens is 581 g/mol. The van der Waals surface area contributed by atoms with E-state index in [1.165, 1.54) is 12.4 Å². The van der Waals surface area contributed by atoms with Gasteiger partial charge in [0.15, 0.2) is 0 Å². The molecule has 3 amide bonds. The molecule has 0 radical (unpaired) electrons. The number of hydrogen-bond acceptors (Lipinski definition) is 6. The van der Waals surface area contributed by atoms with Gasteiger partial charge in [0.25, 0.3) is 5.91 Å². The summed E-state index contributed by atoms with van der Waals surface area (Å²) in [7, 11) is 0. The fourth-order valence-corrected chi connectivity index (χ4v) is 6.39. The maximum Gasteiger partial charge on any atom is 0.326 e. The van der Waals surface area contributed by atoms with Crippen LogP contribution >= 0.6 is 23.2 Å². The Morgan fingerprint density at radius 2 is 1.55 bits per heavy atom. The zero-order chi connectivity index (χ0) is 29.8. The van der Waals surface area contributed by atoms with Gasteiger partial charge in [0.05, 0.1) is 22.0 Å². The van der Waals surface area contributed by atoms with Crippen molar-refractivity contribution in [3.63, 3.8) is 0 Å². The molecule has 218 valence electrons. The number of carbonyl (C=O) groups is 4. The molecule has 2 bridgehead atoms. The van der Waals surface area contributed by atoms with Gasteiger partial charge in [-0.05, 0) is 67.0 Å². The zero-order valence-electron chi connectivity index (χ0n) is 22.5. The summed E-state index contributed by atoms with van der Waals surface area (Å²) in [5.74, 6) is -2.31. The smallest absolute Gasteiger partial charge is 0.326 e. The van der Waals surface area contributed by atoms with Gasteiger partial charge in [-0.1, -0.05) is 35.3 Å². The van der Waals surface area contributed by atoms with Crippen LogP contribution in [0.15, 0.2) is 61.2 Å². The van der Waals surface area contributed by atoms with Gasteiger partial charge in [0, 0.05) is 42.9 Å². The van der Waals surface area contributed by atoms with E-state index in [2.05, 4.69) is 20.6 Å². The molecule has 42 heavy (non-hydrogen) atoms. The van der Waals surface area contributed by atoms with E-state index < -0.39 is 29.9 Å². The number of piperidine rings is 2. The van der Waals surface area contributed by atoms with E-state index in [9.17, 15) is 24.3 Å². The molecule has 2 aliphatic heterocycles. The molecule has 1 saturated carbocycles. The topological polar surface area (TPSA) is 142 Å².